The van der Waals surface area contributed by atoms with Gasteiger partial charge in [-0.2, -0.15) is 5.26 Å². The number of rotatable bonds is 3. The van der Waals surface area contributed by atoms with Crippen LogP contribution in [0.25, 0.3) is 0 Å². The molecule has 1 N–H and O–H groups in total. The average Bonchev–Trinajstić information content (AvgIpc) is 2.39. The molecule has 0 saturated carbocycles. The summed E-state index contributed by atoms with van der Waals surface area (Å²) >= 11 is 5.90. The van der Waals surface area contributed by atoms with E-state index in [4.69, 9.17) is 16.9 Å². The first-order valence-corrected chi connectivity index (χ1v) is 5.99. The Morgan fingerprint density at radius 3 is 2.67 bits per heavy atom. The Morgan fingerprint density at radius 2 is 1.94 bits per heavy atom. The van der Waals surface area contributed by atoms with Crippen molar-refractivity contribution in [3.8, 4) is 6.07 Å². The van der Waals surface area contributed by atoms with Crippen molar-refractivity contribution >= 4 is 11.6 Å². The fourth-order valence-electron chi connectivity index (χ4n) is 1.82. The van der Waals surface area contributed by atoms with E-state index in [-0.39, 0.29) is 0 Å². The van der Waals surface area contributed by atoms with E-state index in [1.54, 1.807) is 24.3 Å². The van der Waals surface area contributed by atoms with E-state index in [0.29, 0.717) is 17.0 Å². The molecule has 0 spiro atoms. The molecule has 0 aliphatic carbocycles. The summed E-state index contributed by atoms with van der Waals surface area (Å²) < 4.78 is 0. The molecule has 2 rings (SSSR count). The van der Waals surface area contributed by atoms with Gasteiger partial charge in [-0.1, -0.05) is 35.9 Å². The van der Waals surface area contributed by atoms with Crippen LogP contribution >= 0.6 is 11.6 Å². The van der Waals surface area contributed by atoms with Crippen LogP contribution in [0.15, 0.2) is 48.5 Å². The van der Waals surface area contributed by atoms with Gasteiger partial charge in [0, 0.05) is 11.4 Å². The molecule has 2 nitrogen and oxygen atoms in total. The highest BCUT2D eigenvalue weighted by molar-refractivity contribution is 6.30. The Labute approximate surface area is 111 Å². The van der Waals surface area contributed by atoms with Crippen LogP contribution in [0.5, 0.6) is 0 Å². The third kappa shape index (κ3) is 3.10. The maximum Gasteiger partial charge on any atom is 0.0991 e. The van der Waals surface area contributed by atoms with Gasteiger partial charge in [0.1, 0.15) is 0 Å². The van der Waals surface area contributed by atoms with E-state index in [1.165, 1.54) is 0 Å². The predicted octanol–water partition coefficient (Wildman–Crippen LogP) is 3.49. The van der Waals surface area contributed by atoms with Gasteiger partial charge >= 0.3 is 0 Å². The third-order valence-electron chi connectivity index (χ3n) is 2.72. The molecular formula is C15H12ClNO. The van der Waals surface area contributed by atoms with Gasteiger partial charge in [-0.25, -0.2) is 0 Å². The van der Waals surface area contributed by atoms with Crippen LogP contribution in [-0.2, 0) is 6.42 Å². The van der Waals surface area contributed by atoms with Crippen molar-refractivity contribution in [1.29, 1.82) is 5.26 Å². The van der Waals surface area contributed by atoms with Crippen molar-refractivity contribution in [2.24, 2.45) is 0 Å². The molecule has 0 bridgehead atoms. The Morgan fingerprint density at radius 1 is 1.17 bits per heavy atom. The zero-order chi connectivity index (χ0) is 13.0. The molecule has 3 heteroatoms. The molecule has 0 saturated heterocycles. The highest BCUT2D eigenvalue weighted by Gasteiger charge is 2.09. The Hall–Kier alpha value is -1.82. The predicted molar refractivity (Wildman–Crippen MR) is 71.3 cm³/mol. The lowest BCUT2D eigenvalue weighted by molar-refractivity contribution is 0.178. The van der Waals surface area contributed by atoms with E-state index in [2.05, 4.69) is 6.07 Å². The quantitative estimate of drug-likeness (QED) is 0.915. The van der Waals surface area contributed by atoms with Gasteiger partial charge < -0.3 is 5.11 Å². The molecule has 1 atom stereocenters. The van der Waals surface area contributed by atoms with E-state index in [1.807, 2.05) is 24.3 Å². The Bertz CT molecular complexity index is 589. The van der Waals surface area contributed by atoms with Gasteiger partial charge in [-0.3, -0.25) is 0 Å². The minimum Gasteiger partial charge on any atom is -0.388 e. The molecule has 0 radical (unpaired) electrons. The summed E-state index contributed by atoms with van der Waals surface area (Å²) in [4.78, 5) is 0. The van der Waals surface area contributed by atoms with Crippen LogP contribution in [0.3, 0.4) is 0 Å². The third-order valence-corrected chi connectivity index (χ3v) is 2.95. The zero-order valence-corrected chi connectivity index (χ0v) is 10.4. The number of hydrogen-bond donors (Lipinski definition) is 1. The fraction of sp³-hybridized carbons (Fsp3) is 0.133. The standard InChI is InChI=1S/C15H12ClNO/c16-14-6-2-3-11(8-14)9-15(18)13-5-1-4-12(7-13)10-17/h1-8,15,18H,9H2. The lowest BCUT2D eigenvalue weighted by Gasteiger charge is -2.11. The van der Waals surface area contributed by atoms with Crippen molar-refractivity contribution in [1.82, 2.24) is 0 Å². The summed E-state index contributed by atoms with van der Waals surface area (Å²) in [5, 5.41) is 19.6. The minimum absolute atomic E-state index is 0.482. The molecule has 0 fully saturated rings. The second-order valence-corrected chi connectivity index (χ2v) is 4.52. The van der Waals surface area contributed by atoms with Crippen molar-refractivity contribution in [2.45, 2.75) is 12.5 Å². The van der Waals surface area contributed by atoms with Crippen LogP contribution in [0.1, 0.15) is 22.8 Å². The molecule has 0 aromatic heterocycles. The normalized spacial score (nSPS) is 11.8. The second kappa shape index (κ2) is 5.68. The number of halogens is 1. The van der Waals surface area contributed by atoms with Gasteiger partial charge in [0.2, 0.25) is 0 Å². The summed E-state index contributed by atoms with van der Waals surface area (Å²) in [6.07, 6.45) is -0.146. The van der Waals surface area contributed by atoms with Crippen molar-refractivity contribution in [2.75, 3.05) is 0 Å². The highest BCUT2D eigenvalue weighted by Crippen LogP contribution is 2.21. The molecule has 2 aromatic carbocycles. The molecule has 1 unspecified atom stereocenters. The van der Waals surface area contributed by atoms with E-state index < -0.39 is 6.10 Å². The maximum atomic E-state index is 10.1. The van der Waals surface area contributed by atoms with Crippen LogP contribution < -0.4 is 0 Å². The molecule has 0 aliphatic heterocycles. The summed E-state index contributed by atoms with van der Waals surface area (Å²) in [7, 11) is 0. The van der Waals surface area contributed by atoms with Crippen molar-refractivity contribution < 1.29 is 5.11 Å². The van der Waals surface area contributed by atoms with Crippen molar-refractivity contribution in [3.63, 3.8) is 0 Å². The summed E-state index contributed by atoms with van der Waals surface area (Å²) in [6.45, 7) is 0. The van der Waals surface area contributed by atoms with Gasteiger partial charge in [0.15, 0.2) is 0 Å². The topological polar surface area (TPSA) is 44.0 Å². The Kier molecular flexibility index (Phi) is 3.99. The molecule has 2 aromatic rings. The molecule has 0 amide bonds. The van der Waals surface area contributed by atoms with Crippen LogP contribution in [0.2, 0.25) is 5.02 Å². The van der Waals surface area contributed by atoms with Crippen LogP contribution in [-0.4, -0.2) is 5.11 Å². The first-order valence-electron chi connectivity index (χ1n) is 5.61. The largest absolute Gasteiger partial charge is 0.388 e. The second-order valence-electron chi connectivity index (χ2n) is 4.09. The summed E-state index contributed by atoms with van der Waals surface area (Å²) in [5.41, 5.74) is 2.27. The maximum absolute atomic E-state index is 10.1. The summed E-state index contributed by atoms with van der Waals surface area (Å²) in [5.74, 6) is 0. The Balaban J connectivity index is 2.17. The molecular weight excluding hydrogens is 246 g/mol. The van der Waals surface area contributed by atoms with Crippen molar-refractivity contribution in [3.05, 3.63) is 70.2 Å². The number of nitriles is 1. The van der Waals surface area contributed by atoms with Gasteiger partial charge in [-0.05, 0) is 35.4 Å². The van der Waals surface area contributed by atoms with Gasteiger partial charge in [0.05, 0.1) is 17.7 Å². The number of nitrogens with zero attached hydrogens (tertiary/aromatic N) is 1. The molecule has 0 heterocycles. The summed E-state index contributed by atoms with van der Waals surface area (Å²) in [6, 6.07) is 16.5. The van der Waals surface area contributed by atoms with E-state index in [0.717, 1.165) is 11.1 Å². The highest BCUT2D eigenvalue weighted by atomic mass is 35.5. The monoisotopic (exact) mass is 257 g/mol. The van der Waals surface area contributed by atoms with Gasteiger partial charge in [0.25, 0.3) is 0 Å². The number of aliphatic hydroxyl groups is 1. The number of benzene rings is 2. The first-order chi connectivity index (χ1) is 8.69. The fourth-order valence-corrected chi connectivity index (χ4v) is 2.03. The number of hydrogen-bond acceptors (Lipinski definition) is 2. The molecule has 90 valence electrons. The molecule has 0 aliphatic rings. The number of aliphatic hydroxyl groups excluding tert-OH is 1. The average molecular weight is 258 g/mol. The smallest absolute Gasteiger partial charge is 0.0991 e. The zero-order valence-electron chi connectivity index (χ0n) is 9.68. The SMILES string of the molecule is N#Cc1cccc(C(O)Cc2cccc(Cl)c2)c1. The minimum atomic E-state index is -0.628. The van der Waals surface area contributed by atoms with Gasteiger partial charge in [-0.15, -0.1) is 0 Å². The first kappa shape index (κ1) is 12.6. The lowest BCUT2D eigenvalue weighted by atomic mass is 10.00. The van der Waals surface area contributed by atoms with E-state index in [9.17, 15) is 5.11 Å². The van der Waals surface area contributed by atoms with Crippen LogP contribution in [0, 0.1) is 11.3 Å². The lowest BCUT2D eigenvalue weighted by Crippen LogP contribution is -2.02. The van der Waals surface area contributed by atoms with E-state index >= 15 is 0 Å². The van der Waals surface area contributed by atoms with Crippen LogP contribution in [0.4, 0.5) is 0 Å². The molecule has 18 heavy (non-hydrogen) atoms.